The first-order chi connectivity index (χ1) is 8.60. The Kier molecular flexibility index (Phi) is 4.40. The molecule has 18 heavy (non-hydrogen) atoms. The maximum Gasteiger partial charge on any atom is 0.198 e. The van der Waals surface area contributed by atoms with Crippen LogP contribution in [0.3, 0.4) is 0 Å². The molecule has 0 aliphatic carbocycles. The van der Waals surface area contributed by atoms with Crippen molar-refractivity contribution < 1.29 is 13.5 Å². The van der Waals surface area contributed by atoms with Gasteiger partial charge >= 0.3 is 0 Å². The molecule has 94 valence electrons. The molecule has 1 nitrogen and oxygen atoms in total. The van der Waals surface area contributed by atoms with E-state index in [0.29, 0.717) is 11.3 Å². The van der Waals surface area contributed by atoms with Crippen molar-refractivity contribution in [1.29, 1.82) is 0 Å². The molecule has 2 aromatic carbocycles. The predicted octanol–water partition coefficient (Wildman–Crippen LogP) is 5.10. The average molecular weight is 381 g/mol. The molecule has 2 rings (SSSR count). The highest BCUT2D eigenvalue weighted by molar-refractivity contribution is 14.1. The van der Waals surface area contributed by atoms with Crippen LogP contribution in [-0.2, 0) is 5.88 Å². The molecule has 2 aromatic rings. The van der Waals surface area contributed by atoms with E-state index in [9.17, 15) is 8.78 Å². The van der Waals surface area contributed by atoms with E-state index in [2.05, 4.69) is 22.6 Å². The Balaban J connectivity index is 2.31. The molecule has 0 fully saturated rings. The van der Waals surface area contributed by atoms with Crippen LogP contribution in [0.1, 0.15) is 5.56 Å². The second-order valence-electron chi connectivity index (χ2n) is 3.58. The van der Waals surface area contributed by atoms with E-state index in [-0.39, 0.29) is 5.88 Å². The van der Waals surface area contributed by atoms with Gasteiger partial charge in [-0.1, -0.05) is 0 Å². The molecule has 0 N–H and O–H groups in total. The summed E-state index contributed by atoms with van der Waals surface area (Å²) in [5.74, 6) is -1.50. The van der Waals surface area contributed by atoms with Crippen molar-refractivity contribution in [3.05, 3.63) is 57.2 Å². The number of halogens is 4. The van der Waals surface area contributed by atoms with Gasteiger partial charge in [-0.25, -0.2) is 8.78 Å². The van der Waals surface area contributed by atoms with Crippen LogP contribution in [-0.4, -0.2) is 0 Å². The molecule has 0 heterocycles. The number of rotatable bonds is 3. The van der Waals surface area contributed by atoms with Gasteiger partial charge in [-0.2, -0.15) is 0 Å². The van der Waals surface area contributed by atoms with Gasteiger partial charge in [0.2, 0.25) is 0 Å². The normalized spacial score (nSPS) is 10.4. The number of ether oxygens (including phenoxy) is 1. The second-order valence-corrected chi connectivity index (χ2v) is 5.09. The Labute approximate surface area is 122 Å². The molecule has 0 atom stereocenters. The summed E-state index contributed by atoms with van der Waals surface area (Å²) in [5.41, 5.74) is 0.377. The molecule has 0 amide bonds. The smallest absolute Gasteiger partial charge is 0.198 e. The van der Waals surface area contributed by atoms with Crippen LogP contribution in [0.2, 0.25) is 0 Å². The molecule has 0 unspecified atom stereocenters. The fourth-order valence-corrected chi connectivity index (χ4v) is 1.92. The van der Waals surface area contributed by atoms with Gasteiger partial charge in [-0.05, 0) is 64.6 Å². The molecule has 0 spiro atoms. The molecule has 5 heteroatoms. The molecule has 0 aliphatic heterocycles. The number of benzene rings is 2. The van der Waals surface area contributed by atoms with Gasteiger partial charge in [0, 0.05) is 9.45 Å². The topological polar surface area (TPSA) is 9.23 Å². The molecule has 0 radical (unpaired) electrons. The fraction of sp³-hybridized carbons (Fsp3) is 0.0769. The summed E-state index contributed by atoms with van der Waals surface area (Å²) in [6, 6.07) is 9.21. The molecule has 0 bridgehead atoms. The summed E-state index contributed by atoms with van der Waals surface area (Å²) in [5, 5.41) is 0. The average Bonchev–Trinajstić information content (AvgIpc) is 2.35. The van der Waals surface area contributed by atoms with Gasteiger partial charge in [-0.15, -0.1) is 11.6 Å². The monoisotopic (exact) mass is 380 g/mol. The standard InChI is InChI=1S/C13H8ClF2IO/c14-7-8-5-11(15)13(12(16)6-8)18-10-3-1-9(17)2-4-10/h1-6H,7H2. The van der Waals surface area contributed by atoms with Gasteiger partial charge in [0.25, 0.3) is 0 Å². The zero-order valence-electron chi connectivity index (χ0n) is 9.09. The van der Waals surface area contributed by atoms with E-state index in [1.807, 2.05) is 0 Å². The molecular formula is C13H8ClF2IO. The summed E-state index contributed by atoms with van der Waals surface area (Å²) in [4.78, 5) is 0. The minimum atomic E-state index is -0.760. The Bertz CT molecular complexity index is 534. The Morgan fingerprint density at radius 3 is 2.11 bits per heavy atom. The van der Waals surface area contributed by atoms with E-state index in [1.54, 1.807) is 24.3 Å². The van der Waals surface area contributed by atoms with Crippen LogP contribution in [0.4, 0.5) is 8.78 Å². The van der Waals surface area contributed by atoms with Crippen LogP contribution in [0.5, 0.6) is 11.5 Å². The maximum absolute atomic E-state index is 13.6. The van der Waals surface area contributed by atoms with E-state index < -0.39 is 17.4 Å². The molecule has 0 saturated heterocycles. The summed E-state index contributed by atoms with van der Waals surface area (Å²) in [7, 11) is 0. The van der Waals surface area contributed by atoms with Crippen molar-refractivity contribution >= 4 is 34.2 Å². The van der Waals surface area contributed by atoms with Crippen molar-refractivity contribution in [3.63, 3.8) is 0 Å². The van der Waals surface area contributed by atoms with Gasteiger partial charge in [-0.3, -0.25) is 0 Å². The lowest BCUT2D eigenvalue weighted by Crippen LogP contribution is -1.94. The van der Waals surface area contributed by atoms with Gasteiger partial charge in [0.1, 0.15) is 5.75 Å². The minimum Gasteiger partial charge on any atom is -0.451 e. The summed E-state index contributed by atoms with van der Waals surface area (Å²) < 4.78 is 33.5. The molecule has 0 aliphatic rings. The largest absolute Gasteiger partial charge is 0.451 e. The van der Waals surface area contributed by atoms with Crippen LogP contribution in [0, 0.1) is 15.2 Å². The van der Waals surface area contributed by atoms with Crippen molar-refractivity contribution in [3.8, 4) is 11.5 Å². The predicted molar refractivity (Wildman–Crippen MR) is 75.1 cm³/mol. The molecule has 0 aromatic heterocycles. The van der Waals surface area contributed by atoms with Gasteiger partial charge < -0.3 is 4.74 Å². The minimum absolute atomic E-state index is 0.0532. The van der Waals surface area contributed by atoms with Crippen molar-refractivity contribution in [2.24, 2.45) is 0 Å². The van der Waals surface area contributed by atoms with Crippen LogP contribution < -0.4 is 4.74 Å². The zero-order chi connectivity index (χ0) is 13.1. The summed E-state index contributed by atoms with van der Waals surface area (Å²) in [6.45, 7) is 0. The highest BCUT2D eigenvalue weighted by atomic mass is 127. The first-order valence-corrected chi connectivity index (χ1v) is 6.69. The zero-order valence-corrected chi connectivity index (χ0v) is 12.0. The van der Waals surface area contributed by atoms with Gasteiger partial charge in [0.05, 0.1) is 0 Å². The Morgan fingerprint density at radius 2 is 1.61 bits per heavy atom. The van der Waals surface area contributed by atoms with E-state index in [1.165, 1.54) is 0 Å². The SMILES string of the molecule is Fc1cc(CCl)cc(F)c1Oc1ccc(I)cc1. The fourth-order valence-electron chi connectivity index (χ4n) is 1.41. The van der Waals surface area contributed by atoms with Crippen LogP contribution >= 0.6 is 34.2 Å². The highest BCUT2D eigenvalue weighted by Gasteiger charge is 2.13. The van der Waals surface area contributed by atoms with Crippen LogP contribution in [0.25, 0.3) is 0 Å². The number of alkyl halides is 1. The lowest BCUT2D eigenvalue weighted by molar-refractivity contribution is 0.406. The summed E-state index contributed by atoms with van der Waals surface area (Å²) in [6.07, 6.45) is 0. The first-order valence-electron chi connectivity index (χ1n) is 5.07. The Hall–Kier alpha value is -0.880. The van der Waals surface area contributed by atoms with Crippen molar-refractivity contribution in [1.82, 2.24) is 0 Å². The quantitative estimate of drug-likeness (QED) is 0.532. The third-order valence-electron chi connectivity index (χ3n) is 2.25. The lowest BCUT2D eigenvalue weighted by atomic mass is 10.2. The Morgan fingerprint density at radius 1 is 1.06 bits per heavy atom. The number of hydrogen-bond acceptors (Lipinski definition) is 1. The third-order valence-corrected chi connectivity index (χ3v) is 3.27. The number of hydrogen-bond donors (Lipinski definition) is 0. The maximum atomic E-state index is 13.6. The lowest BCUT2D eigenvalue weighted by Gasteiger charge is -2.09. The molecular weight excluding hydrogens is 372 g/mol. The van der Waals surface area contributed by atoms with Crippen LogP contribution in [0.15, 0.2) is 36.4 Å². The van der Waals surface area contributed by atoms with Gasteiger partial charge in [0.15, 0.2) is 17.4 Å². The first kappa shape index (κ1) is 13.5. The van der Waals surface area contributed by atoms with E-state index >= 15 is 0 Å². The summed E-state index contributed by atoms with van der Waals surface area (Å²) >= 11 is 7.66. The van der Waals surface area contributed by atoms with E-state index in [4.69, 9.17) is 16.3 Å². The molecule has 0 saturated carbocycles. The van der Waals surface area contributed by atoms with Crippen molar-refractivity contribution in [2.45, 2.75) is 5.88 Å². The van der Waals surface area contributed by atoms with E-state index in [0.717, 1.165) is 15.7 Å². The second kappa shape index (κ2) is 5.84. The highest BCUT2D eigenvalue weighted by Crippen LogP contribution is 2.29. The van der Waals surface area contributed by atoms with Crippen molar-refractivity contribution in [2.75, 3.05) is 0 Å². The third kappa shape index (κ3) is 3.11.